The summed E-state index contributed by atoms with van der Waals surface area (Å²) in [6.07, 6.45) is 2.34. The molecule has 25 heavy (non-hydrogen) atoms. The van der Waals surface area contributed by atoms with Gasteiger partial charge in [-0.2, -0.15) is 0 Å². The van der Waals surface area contributed by atoms with Crippen molar-refractivity contribution in [3.8, 4) is 0 Å². The van der Waals surface area contributed by atoms with Crippen molar-refractivity contribution in [3.63, 3.8) is 0 Å². The highest BCUT2D eigenvalue weighted by Gasteiger charge is 2.43. The number of hydrogen-bond acceptors (Lipinski definition) is 5. The van der Waals surface area contributed by atoms with Crippen molar-refractivity contribution < 1.29 is 22.4 Å². The standard InChI is InChI=1S/C18H21NO5S/c1-23-10-15-14-4-2-3-5-16(14)24-17(15)18(20)19(12-6-7-12)13-8-9-25(21,22)11-13/h2-5,12-13H,6-11H2,1H3. The van der Waals surface area contributed by atoms with Gasteiger partial charge in [-0.05, 0) is 25.3 Å². The Labute approximate surface area is 146 Å². The van der Waals surface area contributed by atoms with Gasteiger partial charge in [0.25, 0.3) is 5.91 Å². The first-order chi connectivity index (χ1) is 12.0. The molecule has 0 radical (unpaired) electrons. The topological polar surface area (TPSA) is 76.8 Å². The Kier molecular flexibility index (Phi) is 4.08. The Morgan fingerprint density at radius 3 is 2.64 bits per heavy atom. The molecule has 4 rings (SSSR count). The molecule has 1 aliphatic carbocycles. The lowest BCUT2D eigenvalue weighted by Crippen LogP contribution is -2.43. The van der Waals surface area contributed by atoms with Crippen molar-refractivity contribution in [2.45, 2.75) is 38.0 Å². The molecule has 0 spiro atoms. The quantitative estimate of drug-likeness (QED) is 0.815. The molecule has 2 heterocycles. The first-order valence-corrected chi connectivity index (χ1v) is 10.3. The lowest BCUT2D eigenvalue weighted by molar-refractivity contribution is 0.0644. The Morgan fingerprint density at radius 1 is 1.24 bits per heavy atom. The van der Waals surface area contributed by atoms with Gasteiger partial charge in [-0.1, -0.05) is 18.2 Å². The number of hydrogen-bond donors (Lipinski definition) is 0. The summed E-state index contributed by atoms with van der Waals surface area (Å²) in [6.45, 7) is 0.277. The number of sulfone groups is 1. The van der Waals surface area contributed by atoms with E-state index in [0.717, 1.165) is 23.8 Å². The summed E-state index contributed by atoms with van der Waals surface area (Å²) in [4.78, 5) is 15.0. The van der Waals surface area contributed by atoms with Crippen LogP contribution in [0.3, 0.4) is 0 Å². The van der Waals surface area contributed by atoms with Gasteiger partial charge in [0.05, 0.1) is 18.1 Å². The second kappa shape index (κ2) is 6.14. The molecule has 1 aromatic carbocycles. The van der Waals surface area contributed by atoms with E-state index < -0.39 is 9.84 Å². The number of nitrogens with zero attached hydrogens (tertiary/aromatic N) is 1. The molecule has 2 fully saturated rings. The molecular weight excluding hydrogens is 342 g/mol. The number of carbonyl (C=O) groups excluding carboxylic acids is 1. The van der Waals surface area contributed by atoms with Crippen LogP contribution < -0.4 is 0 Å². The summed E-state index contributed by atoms with van der Waals surface area (Å²) in [5.74, 6) is 0.265. The van der Waals surface area contributed by atoms with Crippen LogP contribution in [-0.4, -0.2) is 49.9 Å². The fourth-order valence-corrected chi connectivity index (χ4v) is 5.37. The summed E-state index contributed by atoms with van der Waals surface area (Å²) < 4.78 is 34.9. The SMILES string of the molecule is COCc1c(C(=O)N(C2CC2)C2CCS(=O)(=O)C2)oc2ccccc12. The van der Waals surface area contributed by atoms with Crippen molar-refractivity contribution in [2.75, 3.05) is 18.6 Å². The average molecular weight is 363 g/mol. The summed E-state index contributed by atoms with van der Waals surface area (Å²) >= 11 is 0. The number of ether oxygens (including phenoxy) is 1. The lowest BCUT2D eigenvalue weighted by atomic mass is 10.1. The van der Waals surface area contributed by atoms with E-state index in [0.29, 0.717) is 12.0 Å². The number of furan rings is 1. The van der Waals surface area contributed by atoms with Crippen LogP contribution in [0.1, 0.15) is 35.4 Å². The van der Waals surface area contributed by atoms with E-state index in [1.165, 1.54) is 0 Å². The van der Waals surface area contributed by atoms with Crippen molar-refractivity contribution in [2.24, 2.45) is 0 Å². The molecule has 1 aromatic heterocycles. The number of benzene rings is 1. The monoisotopic (exact) mass is 363 g/mol. The predicted octanol–water partition coefficient (Wildman–Crippen LogP) is 2.37. The second-order valence-electron chi connectivity index (χ2n) is 6.84. The van der Waals surface area contributed by atoms with E-state index in [-0.39, 0.29) is 41.9 Å². The van der Waals surface area contributed by atoms with Crippen LogP contribution >= 0.6 is 0 Å². The first kappa shape index (κ1) is 16.6. The molecule has 1 aliphatic heterocycles. The van der Waals surface area contributed by atoms with Gasteiger partial charge in [-0.25, -0.2) is 8.42 Å². The minimum Gasteiger partial charge on any atom is -0.451 e. The molecule has 1 saturated heterocycles. The van der Waals surface area contributed by atoms with Gasteiger partial charge in [0, 0.05) is 30.1 Å². The summed E-state index contributed by atoms with van der Waals surface area (Å²) in [7, 11) is -1.47. The van der Waals surface area contributed by atoms with Crippen molar-refractivity contribution in [1.82, 2.24) is 4.90 Å². The van der Waals surface area contributed by atoms with Crippen LogP contribution in [0, 0.1) is 0 Å². The van der Waals surface area contributed by atoms with Crippen molar-refractivity contribution >= 4 is 26.7 Å². The van der Waals surface area contributed by atoms with Gasteiger partial charge in [0.15, 0.2) is 15.6 Å². The summed E-state index contributed by atoms with van der Waals surface area (Å²) in [6, 6.07) is 7.35. The highest BCUT2D eigenvalue weighted by atomic mass is 32.2. The van der Waals surface area contributed by atoms with Crippen molar-refractivity contribution in [3.05, 3.63) is 35.6 Å². The predicted molar refractivity (Wildman–Crippen MR) is 93.2 cm³/mol. The number of carbonyl (C=O) groups is 1. The molecule has 1 atom stereocenters. The second-order valence-corrected chi connectivity index (χ2v) is 9.07. The van der Waals surface area contributed by atoms with Gasteiger partial charge in [-0.15, -0.1) is 0 Å². The van der Waals surface area contributed by atoms with Crippen molar-refractivity contribution in [1.29, 1.82) is 0 Å². The molecule has 1 saturated carbocycles. The van der Waals surface area contributed by atoms with E-state index in [1.54, 1.807) is 12.0 Å². The van der Waals surface area contributed by atoms with Crippen LogP contribution in [0.25, 0.3) is 11.0 Å². The smallest absolute Gasteiger partial charge is 0.290 e. The summed E-state index contributed by atoms with van der Waals surface area (Å²) in [5.41, 5.74) is 1.38. The Bertz CT molecular complexity index is 913. The zero-order chi connectivity index (χ0) is 17.6. The van der Waals surface area contributed by atoms with Gasteiger partial charge in [-0.3, -0.25) is 4.79 Å². The fourth-order valence-electron chi connectivity index (χ4n) is 3.65. The minimum absolute atomic E-state index is 0.0507. The first-order valence-electron chi connectivity index (χ1n) is 8.52. The molecule has 2 aromatic rings. The molecule has 1 unspecified atom stereocenters. The molecule has 2 aliphatic rings. The Morgan fingerprint density at radius 2 is 2.00 bits per heavy atom. The van der Waals surface area contributed by atoms with Crippen LogP contribution in [0.4, 0.5) is 0 Å². The van der Waals surface area contributed by atoms with Crippen LogP contribution in [-0.2, 0) is 21.2 Å². The third-order valence-electron chi connectivity index (χ3n) is 4.96. The highest BCUT2D eigenvalue weighted by molar-refractivity contribution is 7.91. The number of rotatable bonds is 5. The third kappa shape index (κ3) is 3.06. The Hall–Kier alpha value is -1.86. The fraction of sp³-hybridized carbons (Fsp3) is 0.500. The molecule has 1 amide bonds. The van der Waals surface area contributed by atoms with Crippen LogP contribution in [0.5, 0.6) is 0 Å². The van der Waals surface area contributed by atoms with E-state index >= 15 is 0 Å². The van der Waals surface area contributed by atoms with Crippen LogP contribution in [0.2, 0.25) is 0 Å². The van der Waals surface area contributed by atoms with Gasteiger partial charge in [0.2, 0.25) is 0 Å². The largest absolute Gasteiger partial charge is 0.451 e. The number of amides is 1. The third-order valence-corrected chi connectivity index (χ3v) is 6.71. The maximum absolute atomic E-state index is 13.3. The molecule has 6 nitrogen and oxygen atoms in total. The van der Waals surface area contributed by atoms with E-state index in [1.807, 2.05) is 24.3 Å². The molecular formula is C18H21NO5S. The number of fused-ring (bicyclic) bond motifs is 1. The lowest BCUT2D eigenvalue weighted by Gasteiger charge is -2.27. The summed E-state index contributed by atoms with van der Waals surface area (Å²) in [5, 5.41) is 0.863. The molecule has 0 bridgehead atoms. The minimum atomic E-state index is -3.06. The number of para-hydroxylation sites is 1. The van der Waals surface area contributed by atoms with E-state index in [4.69, 9.17) is 9.15 Å². The van der Waals surface area contributed by atoms with E-state index in [2.05, 4.69) is 0 Å². The molecule has 7 heteroatoms. The maximum atomic E-state index is 13.3. The Balaban J connectivity index is 1.73. The number of methoxy groups -OCH3 is 1. The van der Waals surface area contributed by atoms with Crippen LogP contribution in [0.15, 0.2) is 28.7 Å². The zero-order valence-corrected chi connectivity index (χ0v) is 14.9. The van der Waals surface area contributed by atoms with Gasteiger partial charge >= 0.3 is 0 Å². The highest BCUT2D eigenvalue weighted by Crippen LogP contribution is 2.36. The molecule has 134 valence electrons. The van der Waals surface area contributed by atoms with Gasteiger partial charge < -0.3 is 14.1 Å². The van der Waals surface area contributed by atoms with E-state index in [9.17, 15) is 13.2 Å². The normalized spacial score (nSPS) is 22.4. The van der Waals surface area contributed by atoms with Gasteiger partial charge in [0.1, 0.15) is 5.58 Å². The average Bonchev–Trinajstić information content (AvgIpc) is 3.25. The zero-order valence-electron chi connectivity index (χ0n) is 14.1. The maximum Gasteiger partial charge on any atom is 0.290 e. The molecule has 0 N–H and O–H groups in total.